The first kappa shape index (κ1) is 24.1. The predicted octanol–water partition coefficient (Wildman–Crippen LogP) is 4.37. The summed E-state index contributed by atoms with van der Waals surface area (Å²) in [5.41, 5.74) is 0.873. The number of aromatic nitrogens is 3. The van der Waals surface area contributed by atoms with Crippen LogP contribution in [0.3, 0.4) is 0 Å². The number of carbonyl (C=O) groups is 1. The minimum atomic E-state index is -0.266. The van der Waals surface area contributed by atoms with Crippen molar-refractivity contribution >= 4 is 23.6 Å². The van der Waals surface area contributed by atoms with Gasteiger partial charge in [-0.2, -0.15) is 0 Å². The van der Waals surface area contributed by atoms with Gasteiger partial charge in [0.2, 0.25) is 11.9 Å². The molecule has 1 aromatic carbocycles. The average Bonchev–Trinajstić information content (AvgIpc) is 3.47. The minimum Gasteiger partial charge on any atom is -0.376 e. The zero-order valence-corrected chi connectivity index (χ0v) is 21.0. The highest BCUT2D eigenvalue weighted by Crippen LogP contribution is 2.28. The van der Waals surface area contributed by atoms with Gasteiger partial charge in [0, 0.05) is 31.8 Å². The molecule has 7 nitrogen and oxygen atoms in total. The highest BCUT2D eigenvalue weighted by molar-refractivity contribution is 7.99. The molecule has 2 fully saturated rings. The Kier molecular flexibility index (Phi) is 7.96. The first-order chi connectivity index (χ1) is 15.9. The smallest absolute Gasteiger partial charge is 0.233 e. The molecule has 2 aliphatic heterocycles. The van der Waals surface area contributed by atoms with Crippen molar-refractivity contribution in [2.75, 3.05) is 30.3 Å². The lowest BCUT2D eigenvalue weighted by molar-refractivity contribution is -0.133. The number of hydrogen-bond donors (Lipinski definition) is 0. The van der Waals surface area contributed by atoms with Crippen molar-refractivity contribution in [3.8, 4) is 0 Å². The third-order valence-electron chi connectivity index (χ3n) is 6.37. The van der Waals surface area contributed by atoms with Crippen molar-refractivity contribution in [2.45, 2.75) is 82.8 Å². The SMILES string of the molecule is CC(C)(C)N(Cc1ccccc1)C(=O)CSc1nnc(N2CCCCC2)n1CC1CCCO1. The topological polar surface area (TPSA) is 63.5 Å². The van der Waals surface area contributed by atoms with Gasteiger partial charge in [-0.25, -0.2) is 0 Å². The summed E-state index contributed by atoms with van der Waals surface area (Å²) in [6, 6.07) is 10.2. The van der Waals surface area contributed by atoms with E-state index in [9.17, 15) is 4.79 Å². The monoisotopic (exact) mass is 471 g/mol. The van der Waals surface area contributed by atoms with Crippen molar-refractivity contribution in [1.82, 2.24) is 19.7 Å². The van der Waals surface area contributed by atoms with E-state index < -0.39 is 0 Å². The molecule has 180 valence electrons. The maximum Gasteiger partial charge on any atom is 0.233 e. The molecular weight excluding hydrogens is 434 g/mol. The van der Waals surface area contributed by atoms with Crippen molar-refractivity contribution < 1.29 is 9.53 Å². The summed E-state index contributed by atoms with van der Waals surface area (Å²) in [6.07, 6.45) is 6.02. The van der Waals surface area contributed by atoms with E-state index in [1.54, 1.807) is 0 Å². The van der Waals surface area contributed by atoms with Crippen molar-refractivity contribution in [3.05, 3.63) is 35.9 Å². The van der Waals surface area contributed by atoms with Crippen molar-refractivity contribution in [1.29, 1.82) is 0 Å². The number of piperidine rings is 1. The highest BCUT2D eigenvalue weighted by Gasteiger charge is 2.29. The van der Waals surface area contributed by atoms with E-state index in [1.165, 1.54) is 31.0 Å². The molecule has 1 unspecified atom stereocenters. The van der Waals surface area contributed by atoms with Gasteiger partial charge in [0.05, 0.1) is 18.4 Å². The Morgan fingerprint density at radius 3 is 2.55 bits per heavy atom. The number of thioether (sulfide) groups is 1. The molecule has 0 radical (unpaired) electrons. The fourth-order valence-corrected chi connectivity index (χ4v) is 5.36. The summed E-state index contributed by atoms with van der Waals surface area (Å²) in [6.45, 7) is 10.5. The Labute approximate surface area is 201 Å². The average molecular weight is 472 g/mol. The first-order valence-electron chi connectivity index (χ1n) is 12.2. The van der Waals surface area contributed by atoms with Crippen LogP contribution < -0.4 is 4.90 Å². The second-order valence-corrected chi connectivity index (χ2v) is 10.9. The molecule has 2 aromatic rings. The van der Waals surface area contributed by atoms with Crippen LogP contribution in [0.5, 0.6) is 0 Å². The summed E-state index contributed by atoms with van der Waals surface area (Å²) in [5.74, 6) is 1.38. The van der Waals surface area contributed by atoms with E-state index >= 15 is 0 Å². The Morgan fingerprint density at radius 2 is 1.88 bits per heavy atom. The molecule has 33 heavy (non-hydrogen) atoms. The maximum absolute atomic E-state index is 13.3. The number of ether oxygens (including phenoxy) is 1. The lowest BCUT2D eigenvalue weighted by Gasteiger charge is -2.36. The molecule has 1 aromatic heterocycles. The van der Waals surface area contributed by atoms with Crippen LogP contribution in [0.15, 0.2) is 35.5 Å². The minimum absolute atomic E-state index is 0.113. The molecule has 0 spiro atoms. The number of benzene rings is 1. The summed E-state index contributed by atoms with van der Waals surface area (Å²) in [4.78, 5) is 17.6. The zero-order valence-electron chi connectivity index (χ0n) is 20.2. The lowest BCUT2D eigenvalue weighted by Crippen LogP contribution is -2.46. The Hall–Kier alpha value is -2.06. The molecule has 3 heterocycles. The molecule has 8 heteroatoms. The van der Waals surface area contributed by atoms with Gasteiger partial charge < -0.3 is 14.5 Å². The summed E-state index contributed by atoms with van der Waals surface area (Å²) >= 11 is 1.49. The zero-order chi connectivity index (χ0) is 23.3. The van der Waals surface area contributed by atoms with Crippen LogP contribution in [0.2, 0.25) is 0 Å². The van der Waals surface area contributed by atoms with Crippen molar-refractivity contribution in [2.24, 2.45) is 0 Å². The van der Waals surface area contributed by atoms with E-state index in [1.807, 2.05) is 23.1 Å². The quantitative estimate of drug-likeness (QED) is 0.533. The molecule has 0 saturated carbocycles. The van der Waals surface area contributed by atoms with Gasteiger partial charge in [-0.05, 0) is 58.4 Å². The van der Waals surface area contributed by atoms with Gasteiger partial charge in [-0.15, -0.1) is 10.2 Å². The number of amides is 1. The molecule has 4 rings (SSSR count). The van der Waals surface area contributed by atoms with Crippen LogP contribution in [-0.4, -0.2) is 62.7 Å². The second-order valence-electron chi connectivity index (χ2n) is 10.0. The van der Waals surface area contributed by atoms with Gasteiger partial charge in [-0.1, -0.05) is 42.1 Å². The fourth-order valence-electron chi connectivity index (χ4n) is 4.54. The Balaban J connectivity index is 1.48. The lowest BCUT2D eigenvalue weighted by atomic mass is 10.0. The molecule has 0 aliphatic carbocycles. The van der Waals surface area contributed by atoms with E-state index in [-0.39, 0.29) is 17.6 Å². The second kappa shape index (κ2) is 10.9. The molecular formula is C25H37N5O2S. The molecule has 1 atom stereocenters. The fraction of sp³-hybridized carbons (Fsp3) is 0.640. The standard InChI is InChI=1S/C25H37N5O2S/c1-25(2,3)30(17-20-11-6-4-7-12-20)22(31)19-33-24-27-26-23(28-14-8-5-9-15-28)29(24)18-21-13-10-16-32-21/h4,6-7,11-12,21H,5,8-10,13-19H2,1-3H3. The number of rotatable bonds is 8. The van der Waals surface area contributed by atoms with Crippen molar-refractivity contribution in [3.63, 3.8) is 0 Å². The molecule has 0 bridgehead atoms. The van der Waals surface area contributed by atoms with Crippen LogP contribution in [-0.2, 0) is 22.6 Å². The van der Waals surface area contributed by atoms with Crippen LogP contribution in [0.4, 0.5) is 5.95 Å². The third kappa shape index (κ3) is 6.29. The molecule has 2 aliphatic rings. The third-order valence-corrected chi connectivity index (χ3v) is 7.32. The molecule has 2 saturated heterocycles. The van der Waals surface area contributed by atoms with Gasteiger partial charge in [0.25, 0.3) is 0 Å². The van der Waals surface area contributed by atoms with Gasteiger partial charge >= 0.3 is 0 Å². The highest BCUT2D eigenvalue weighted by atomic mass is 32.2. The summed E-state index contributed by atoms with van der Waals surface area (Å²) in [5, 5.41) is 9.89. The van der Waals surface area contributed by atoms with Gasteiger partial charge in [0.1, 0.15) is 0 Å². The van der Waals surface area contributed by atoms with Gasteiger partial charge in [-0.3, -0.25) is 9.36 Å². The molecule has 1 amide bonds. The number of hydrogen-bond acceptors (Lipinski definition) is 6. The maximum atomic E-state index is 13.3. The van der Waals surface area contributed by atoms with E-state index in [2.05, 4.69) is 52.6 Å². The van der Waals surface area contributed by atoms with Crippen LogP contribution in [0.25, 0.3) is 0 Å². The predicted molar refractivity (Wildman–Crippen MR) is 133 cm³/mol. The van der Waals surface area contributed by atoms with Gasteiger partial charge in [0.15, 0.2) is 5.16 Å². The number of nitrogens with zero attached hydrogens (tertiary/aromatic N) is 5. The number of carbonyl (C=O) groups excluding carboxylic acids is 1. The van der Waals surface area contributed by atoms with Crippen LogP contribution in [0.1, 0.15) is 58.4 Å². The van der Waals surface area contributed by atoms with E-state index in [4.69, 9.17) is 4.74 Å². The Morgan fingerprint density at radius 1 is 1.12 bits per heavy atom. The van der Waals surface area contributed by atoms with E-state index in [0.29, 0.717) is 12.3 Å². The van der Waals surface area contributed by atoms with E-state index in [0.717, 1.165) is 55.8 Å². The normalized spacial score (nSPS) is 19.1. The first-order valence-corrected chi connectivity index (χ1v) is 13.2. The number of anilines is 1. The largest absolute Gasteiger partial charge is 0.376 e. The summed E-state index contributed by atoms with van der Waals surface area (Å²) < 4.78 is 8.11. The van der Waals surface area contributed by atoms with Crippen LogP contribution in [0, 0.1) is 0 Å². The Bertz CT molecular complexity index is 899. The molecule has 0 N–H and O–H groups in total. The summed E-state index contributed by atoms with van der Waals surface area (Å²) in [7, 11) is 0. The van der Waals surface area contributed by atoms with Crippen LogP contribution >= 0.6 is 11.8 Å².